The van der Waals surface area contributed by atoms with Crippen LogP contribution in [0.1, 0.15) is 20.7 Å². The summed E-state index contributed by atoms with van der Waals surface area (Å²) < 4.78 is 0. The quantitative estimate of drug-likeness (QED) is 0.344. The van der Waals surface area contributed by atoms with Gasteiger partial charge in [0.1, 0.15) is 0 Å². The molecular formula is C26H15N3O2. The number of aromatic amines is 2. The number of fused-ring (bicyclic) bond motifs is 10. The summed E-state index contributed by atoms with van der Waals surface area (Å²) in [5.41, 5.74) is 4.93. The first-order chi connectivity index (χ1) is 15.2. The summed E-state index contributed by atoms with van der Waals surface area (Å²) in [4.78, 5) is 35.6. The smallest absolute Gasteiger partial charge is 0.268 e. The van der Waals surface area contributed by atoms with E-state index in [9.17, 15) is 9.59 Å². The molecule has 1 aliphatic rings. The van der Waals surface area contributed by atoms with Crippen LogP contribution in [0.4, 0.5) is 5.69 Å². The Morgan fingerprint density at radius 3 is 1.81 bits per heavy atom. The molecule has 31 heavy (non-hydrogen) atoms. The normalized spacial score (nSPS) is 13.9. The second kappa shape index (κ2) is 5.61. The van der Waals surface area contributed by atoms with E-state index >= 15 is 0 Å². The number of carbonyl (C=O) groups excluding carboxylic acids is 2. The van der Waals surface area contributed by atoms with Gasteiger partial charge in [-0.3, -0.25) is 9.59 Å². The summed E-state index contributed by atoms with van der Waals surface area (Å²) >= 11 is 0. The van der Waals surface area contributed by atoms with Gasteiger partial charge in [0.2, 0.25) is 0 Å². The minimum absolute atomic E-state index is 0.290. The Bertz CT molecular complexity index is 1720. The number of hydrogen-bond donors (Lipinski definition) is 2. The Morgan fingerprint density at radius 2 is 1.10 bits per heavy atom. The number of hydrogen-bond acceptors (Lipinski definition) is 2. The first kappa shape index (κ1) is 16.4. The number of benzene rings is 4. The van der Waals surface area contributed by atoms with E-state index in [0.29, 0.717) is 22.3 Å². The molecule has 2 N–H and O–H groups in total. The van der Waals surface area contributed by atoms with Crippen LogP contribution in [-0.2, 0) is 0 Å². The predicted molar refractivity (Wildman–Crippen MR) is 123 cm³/mol. The molecule has 5 nitrogen and oxygen atoms in total. The predicted octanol–water partition coefficient (Wildman–Crippen LogP) is 5.76. The van der Waals surface area contributed by atoms with E-state index in [2.05, 4.69) is 9.97 Å². The summed E-state index contributed by atoms with van der Waals surface area (Å²) in [5, 5.41) is 3.71. The molecule has 1 aliphatic heterocycles. The molecule has 3 heterocycles. The summed E-state index contributed by atoms with van der Waals surface area (Å²) in [6.07, 6.45) is 0. The van der Waals surface area contributed by atoms with Crippen LogP contribution in [0.5, 0.6) is 0 Å². The van der Waals surface area contributed by atoms with E-state index < -0.39 is 0 Å². The number of rotatable bonds is 1. The van der Waals surface area contributed by atoms with Crippen LogP contribution in [0.2, 0.25) is 0 Å². The van der Waals surface area contributed by atoms with Gasteiger partial charge in [0, 0.05) is 32.6 Å². The fraction of sp³-hybridized carbons (Fsp3) is 0. The van der Waals surface area contributed by atoms with Crippen LogP contribution in [0.15, 0.2) is 78.9 Å². The Labute approximate surface area is 175 Å². The molecular weight excluding hydrogens is 386 g/mol. The van der Waals surface area contributed by atoms with Crippen molar-refractivity contribution in [2.45, 2.75) is 0 Å². The van der Waals surface area contributed by atoms with Gasteiger partial charge in [0.15, 0.2) is 0 Å². The van der Waals surface area contributed by atoms with Crippen molar-refractivity contribution in [2.24, 2.45) is 0 Å². The highest BCUT2D eigenvalue weighted by Crippen LogP contribution is 2.44. The minimum Gasteiger partial charge on any atom is -0.354 e. The Kier molecular flexibility index (Phi) is 2.97. The van der Waals surface area contributed by atoms with E-state index in [0.717, 1.165) is 38.1 Å². The zero-order valence-corrected chi connectivity index (χ0v) is 16.3. The first-order valence-electron chi connectivity index (χ1n) is 10.1. The maximum atomic E-state index is 13.7. The zero-order valence-electron chi connectivity index (χ0n) is 16.3. The zero-order chi connectivity index (χ0) is 20.7. The van der Waals surface area contributed by atoms with Crippen molar-refractivity contribution in [2.75, 3.05) is 4.90 Å². The highest BCUT2D eigenvalue weighted by Gasteiger charge is 2.41. The standard InChI is InChI=1S/C26H15N3O2/c30-25-21-19-15-10-4-6-12-17(15)27-23(19)20-16-11-5-7-13-18(16)28-24(20)22(21)26(31)29(25)14-8-2-1-3-9-14/h1-13,27-28H. The van der Waals surface area contributed by atoms with Gasteiger partial charge in [0.05, 0.1) is 27.8 Å². The lowest BCUT2D eigenvalue weighted by Gasteiger charge is -2.13. The average Bonchev–Trinajstić information content (AvgIpc) is 3.44. The molecule has 0 aliphatic carbocycles. The van der Waals surface area contributed by atoms with Crippen molar-refractivity contribution in [1.29, 1.82) is 0 Å². The number of imide groups is 1. The lowest BCUT2D eigenvalue weighted by molar-refractivity contribution is 0.0927. The molecule has 0 atom stereocenters. The molecule has 146 valence electrons. The van der Waals surface area contributed by atoms with Gasteiger partial charge >= 0.3 is 0 Å². The maximum absolute atomic E-state index is 13.7. The number of nitrogens with one attached hydrogen (secondary N) is 2. The molecule has 0 saturated carbocycles. The van der Waals surface area contributed by atoms with Crippen LogP contribution in [0.3, 0.4) is 0 Å². The number of amides is 2. The second-order valence-corrected chi connectivity index (χ2v) is 7.87. The van der Waals surface area contributed by atoms with Gasteiger partial charge in [-0.05, 0) is 24.3 Å². The molecule has 2 amide bonds. The fourth-order valence-corrected chi connectivity index (χ4v) is 4.98. The number of nitrogens with zero attached hydrogens (tertiary/aromatic N) is 1. The van der Waals surface area contributed by atoms with Crippen molar-refractivity contribution in [3.05, 3.63) is 90.0 Å². The molecule has 6 aromatic rings. The Hall–Kier alpha value is -4.38. The number of anilines is 1. The molecule has 0 fully saturated rings. The van der Waals surface area contributed by atoms with E-state index in [1.165, 1.54) is 4.90 Å². The van der Waals surface area contributed by atoms with Gasteiger partial charge < -0.3 is 9.97 Å². The summed E-state index contributed by atoms with van der Waals surface area (Å²) in [7, 11) is 0. The third-order valence-electron chi connectivity index (χ3n) is 6.26. The fourth-order valence-electron chi connectivity index (χ4n) is 4.98. The third-order valence-corrected chi connectivity index (χ3v) is 6.26. The van der Waals surface area contributed by atoms with Crippen molar-refractivity contribution >= 4 is 61.1 Å². The number of carbonyl (C=O) groups is 2. The summed E-state index contributed by atoms with van der Waals surface area (Å²) in [6.45, 7) is 0. The molecule has 0 radical (unpaired) electrons. The largest absolute Gasteiger partial charge is 0.354 e. The van der Waals surface area contributed by atoms with Crippen molar-refractivity contribution in [1.82, 2.24) is 9.97 Å². The SMILES string of the molecule is O=C1c2c(c3c4ccccc4[nH]c3c3c2[nH]c2ccccc23)C(=O)N1c1ccccc1. The van der Waals surface area contributed by atoms with Gasteiger partial charge in [-0.1, -0.05) is 54.6 Å². The number of H-pyrrole nitrogens is 2. The minimum atomic E-state index is -0.296. The monoisotopic (exact) mass is 401 g/mol. The molecule has 4 aromatic carbocycles. The van der Waals surface area contributed by atoms with Crippen molar-refractivity contribution in [3.63, 3.8) is 0 Å². The molecule has 0 unspecified atom stereocenters. The van der Waals surface area contributed by atoms with Gasteiger partial charge in [-0.2, -0.15) is 0 Å². The lowest BCUT2D eigenvalue weighted by atomic mass is 9.98. The van der Waals surface area contributed by atoms with E-state index in [-0.39, 0.29) is 11.8 Å². The van der Waals surface area contributed by atoms with Crippen LogP contribution in [0.25, 0.3) is 43.6 Å². The highest BCUT2D eigenvalue weighted by molar-refractivity contribution is 6.45. The molecule has 0 saturated heterocycles. The molecule has 7 rings (SSSR count). The maximum Gasteiger partial charge on any atom is 0.268 e. The van der Waals surface area contributed by atoms with E-state index in [4.69, 9.17) is 0 Å². The second-order valence-electron chi connectivity index (χ2n) is 7.87. The van der Waals surface area contributed by atoms with Gasteiger partial charge in [-0.15, -0.1) is 0 Å². The summed E-state index contributed by atoms with van der Waals surface area (Å²) in [6, 6.07) is 25.0. The molecule has 2 aromatic heterocycles. The number of para-hydroxylation sites is 3. The molecule has 0 spiro atoms. The van der Waals surface area contributed by atoms with Crippen LogP contribution in [-0.4, -0.2) is 21.8 Å². The van der Waals surface area contributed by atoms with Crippen molar-refractivity contribution in [3.8, 4) is 0 Å². The summed E-state index contributed by atoms with van der Waals surface area (Å²) in [5.74, 6) is -0.587. The number of aromatic nitrogens is 2. The first-order valence-corrected chi connectivity index (χ1v) is 10.1. The Morgan fingerprint density at radius 1 is 0.548 bits per heavy atom. The average molecular weight is 401 g/mol. The Balaban J connectivity index is 1.72. The molecule has 5 heteroatoms. The van der Waals surface area contributed by atoms with E-state index in [1.807, 2.05) is 66.7 Å². The molecule has 0 bridgehead atoms. The van der Waals surface area contributed by atoms with Crippen molar-refractivity contribution < 1.29 is 9.59 Å². The van der Waals surface area contributed by atoms with Crippen LogP contribution in [0, 0.1) is 0 Å². The third kappa shape index (κ3) is 1.95. The highest BCUT2D eigenvalue weighted by atomic mass is 16.2. The lowest BCUT2D eigenvalue weighted by Crippen LogP contribution is -2.29. The topological polar surface area (TPSA) is 69.0 Å². The van der Waals surface area contributed by atoms with Gasteiger partial charge in [-0.25, -0.2) is 4.90 Å². The van der Waals surface area contributed by atoms with Crippen LogP contribution < -0.4 is 4.90 Å². The van der Waals surface area contributed by atoms with Crippen LogP contribution >= 0.6 is 0 Å². The van der Waals surface area contributed by atoms with Gasteiger partial charge in [0.25, 0.3) is 11.8 Å². The van der Waals surface area contributed by atoms with E-state index in [1.54, 1.807) is 12.1 Å².